The molecule has 0 spiro atoms. The van der Waals surface area contributed by atoms with Crippen molar-refractivity contribution in [3.8, 4) is 0 Å². The van der Waals surface area contributed by atoms with Gasteiger partial charge >= 0.3 is 12.1 Å². The number of rotatable bonds is 6. The molecule has 2 aliphatic carbocycles. The van der Waals surface area contributed by atoms with Gasteiger partial charge in [0.1, 0.15) is 12.1 Å². The van der Waals surface area contributed by atoms with E-state index in [-0.39, 0.29) is 6.54 Å². The molecule has 2 atom stereocenters. The van der Waals surface area contributed by atoms with Gasteiger partial charge in [-0.3, -0.25) is 4.79 Å². The van der Waals surface area contributed by atoms with Crippen LogP contribution in [0.4, 0.5) is 4.79 Å². The lowest BCUT2D eigenvalue weighted by Gasteiger charge is -2.31. The lowest BCUT2D eigenvalue weighted by molar-refractivity contribution is -0.139. The molecule has 0 saturated heterocycles. The van der Waals surface area contributed by atoms with Crippen molar-refractivity contribution in [3.63, 3.8) is 0 Å². The first-order chi connectivity index (χ1) is 12.5. The number of nitrogens with one attached hydrogen (secondary N) is 1. The average molecular weight is 370 g/mol. The Bertz CT molecular complexity index is 399. The highest BCUT2D eigenvalue weighted by Gasteiger charge is 2.41. The van der Waals surface area contributed by atoms with E-state index in [1.54, 1.807) is 0 Å². The van der Waals surface area contributed by atoms with E-state index in [0.717, 1.165) is 32.1 Å². The smallest absolute Gasteiger partial charge is 0.408 e. The predicted molar refractivity (Wildman–Crippen MR) is 106 cm³/mol. The topological polar surface area (TPSA) is 64.6 Å². The van der Waals surface area contributed by atoms with E-state index in [0.29, 0.717) is 5.92 Å². The predicted octanol–water partition coefficient (Wildman–Crippen LogP) is 5.39. The van der Waals surface area contributed by atoms with E-state index in [1.807, 2.05) is 26.8 Å². The van der Waals surface area contributed by atoms with Crippen molar-refractivity contribution in [2.75, 3.05) is 13.7 Å². The monoisotopic (exact) mass is 369 g/mol. The van der Waals surface area contributed by atoms with Crippen LogP contribution in [0.3, 0.4) is 0 Å². The standard InChI is InChI=1S/C14H23NO4.C5H10.C2H6/c1-4-5-7-11-8-6-9-14(11,2)19-13(17)15-10-12(16)18-3;1-2-4-5-3-1;1-2/h4,11H,1,5-10H2,2-3H3,(H,15,17);1-5H2;1-2H3/t11-,14-;;/m0../s1. The quantitative estimate of drug-likeness (QED) is 0.504. The highest BCUT2D eigenvalue weighted by atomic mass is 16.6. The SMILES string of the molecule is C1CCCC1.C=CCC[C@H]1CCC[C@]1(C)OC(=O)NCC(=O)OC.CC. The van der Waals surface area contributed by atoms with Crippen molar-refractivity contribution in [1.82, 2.24) is 5.32 Å². The Kier molecular flexibility index (Phi) is 13.8. The van der Waals surface area contributed by atoms with Crippen molar-refractivity contribution in [2.24, 2.45) is 5.92 Å². The summed E-state index contributed by atoms with van der Waals surface area (Å²) in [5, 5.41) is 2.41. The Morgan fingerprint density at radius 2 is 1.73 bits per heavy atom. The third kappa shape index (κ3) is 9.83. The number of hydrogen-bond donors (Lipinski definition) is 1. The summed E-state index contributed by atoms with van der Waals surface area (Å²) in [6, 6.07) is 0. The molecule has 1 amide bonds. The first kappa shape index (κ1) is 24.5. The van der Waals surface area contributed by atoms with Gasteiger partial charge in [-0.2, -0.15) is 0 Å². The van der Waals surface area contributed by atoms with Crippen LogP contribution in [0.5, 0.6) is 0 Å². The molecular weight excluding hydrogens is 330 g/mol. The largest absolute Gasteiger partial charge is 0.468 e. The van der Waals surface area contributed by atoms with E-state index in [9.17, 15) is 9.59 Å². The fraction of sp³-hybridized carbons (Fsp3) is 0.810. The van der Waals surface area contributed by atoms with Gasteiger partial charge in [-0.1, -0.05) is 52.0 Å². The van der Waals surface area contributed by atoms with Crippen LogP contribution in [-0.4, -0.2) is 31.3 Å². The molecule has 0 aliphatic heterocycles. The first-order valence-electron chi connectivity index (χ1n) is 10.2. The third-order valence-electron chi connectivity index (χ3n) is 4.99. The number of methoxy groups -OCH3 is 1. The molecule has 0 aromatic rings. The zero-order valence-electron chi connectivity index (χ0n) is 17.3. The van der Waals surface area contributed by atoms with E-state index < -0.39 is 17.7 Å². The minimum absolute atomic E-state index is 0.164. The number of esters is 1. The highest BCUT2D eigenvalue weighted by molar-refractivity contribution is 5.77. The maximum absolute atomic E-state index is 11.7. The van der Waals surface area contributed by atoms with Crippen LogP contribution >= 0.6 is 0 Å². The second kappa shape index (κ2) is 14.6. The Morgan fingerprint density at radius 3 is 2.23 bits per heavy atom. The summed E-state index contributed by atoms with van der Waals surface area (Å²) in [4.78, 5) is 22.6. The van der Waals surface area contributed by atoms with Crippen LogP contribution in [0, 0.1) is 5.92 Å². The molecule has 1 N–H and O–H groups in total. The maximum Gasteiger partial charge on any atom is 0.408 e. The zero-order valence-corrected chi connectivity index (χ0v) is 17.3. The van der Waals surface area contributed by atoms with E-state index in [4.69, 9.17) is 4.74 Å². The maximum atomic E-state index is 11.7. The molecule has 0 heterocycles. The molecule has 5 nitrogen and oxygen atoms in total. The molecule has 26 heavy (non-hydrogen) atoms. The molecule has 5 heteroatoms. The van der Waals surface area contributed by atoms with Crippen LogP contribution in [0.15, 0.2) is 12.7 Å². The van der Waals surface area contributed by atoms with Crippen molar-refractivity contribution < 1.29 is 19.1 Å². The lowest BCUT2D eigenvalue weighted by atomic mass is 9.88. The van der Waals surface area contributed by atoms with Gasteiger partial charge in [-0.25, -0.2) is 4.79 Å². The molecule has 0 aromatic carbocycles. The van der Waals surface area contributed by atoms with E-state index in [2.05, 4.69) is 16.6 Å². The van der Waals surface area contributed by atoms with Crippen molar-refractivity contribution >= 4 is 12.1 Å². The summed E-state index contributed by atoms with van der Waals surface area (Å²) in [5.41, 5.74) is -0.441. The fourth-order valence-corrected chi connectivity index (χ4v) is 3.46. The summed E-state index contributed by atoms with van der Waals surface area (Å²) >= 11 is 0. The number of ether oxygens (including phenoxy) is 2. The van der Waals surface area contributed by atoms with Gasteiger partial charge in [-0.05, 0) is 44.9 Å². The summed E-state index contributed by atoms with van der Waals surface area (Å²) in [7, 11) is 1.28. The van der Waals surface area contributed by atoms with Crippen LogP contribution < -0.4 is 5.32 Å². The van der Waals surface area contributed by atoms with Gasteiger partial charge in [0.15, 0.2) is 0 Å². The van der Waals surface area contributed by atoms with Gasteiger partial charge < -0.3 is 14.8 Å². The summed E-state index contributed by atoms with van der Waals surface area (Å²) < 4.78 is 9.96. The Hall–Kier alpha value is -1.52. The molecule has 2 rings (SSSR count). The Labute approximate surface area is 159 Å². The summed E-state index contributed by atoms with van der Waals surface area (Å²) in [6.07, 6.45) is 13.7. The Morgan fingerprint density at radius 1 is 1.15 bits per heavy atom. The van der Waals surface area contributed by atoms with Gasteiger partial charge in [0.2, 0.25) is 0 Å². The van der Waals surface area contributed by atoms with E-state index >= 15 is 0 Å². The fourth-order valence-electron chi connectivity index (χ4n) is 3.46. The van der Waals surface area contributed by atoms with Crippen LogP contribution in [0.25, 0.3) is 0 Å². The molecule has 0 radical (unpaired) electrons. The molecule has 0 bridgehead atoms. The average Bonchev–Trinajstić information content (AvgIpc) is 3.33. The number of carbonyl (C=O) groups excluding carboxylic acids is 2. The summed E-state index contributed by atoms with van der Waals surface area (Å²) in [6.45, 7) is 9.52. The van der Waals surface area contributed by atoms with Crippen LogP contribution in [0.2, 0.25) is 0 Å². The first-order valence-corrected chi connectivity index (χ1v) is 10.2. The molecule has 0 unspecified atom stereocenters. The van der Waals surface area contributed by atoms with Crippen LogP contribution in [0.1, 0.15) is 85.0 Å². The number of carbonyl (C=O) groups is 2. The number of alkyl carbamates (subject to hydrolysis) is 1. The second-order valence-electron chi connectivity index (χ2n) is 6.85. The van der Waals surface area contributed by atoms with Gasteiger partial charge in [-0.15, -0.1) is 6.58 Å². The minimum Gasteiger partial charge on any atom is -0.468 e. The number of hydrogen-bond acceptors (Lipinski definition) is 4. The highest BCUT2D eigenvalue weighted by Crippen LogP contribution is 2.41. The normalized spacial score (nSPS) is 23.6. The molecule has 2 saturated carbocycles. The van der Waals surface area contributed by atoms with Crippen molar-refractivity contribution in [3.05, 3.63) is 12.7 Å². The molecule has 0 aromatic heterocycles. The minimum atomic E-state index is -0.557. The Balaban J connectivity index is 0.000000749. The van der Waals surface area contributed by atoms with Crippen molar-refractivity contribution in [2.45, 2.75) is 90.6 Å². The molecule has 2 fully saturated rings. The van der Waals surface area contributed by atoms with Gasteiger partial charge in [0.25, 0.3) is 0 Å². The molecule has 2 aliphatic rings. The van der Waals surface area contributed by atoms with Crippen molar-refractivity contribution in [1.29, 1.82) is 0 Å². The zero-order chi connectivity index (χ0) is 19.8. The molecule has 152 valence electrons. The third-order valence-corrected chi connectivity index (χ3v) is 4.99. The van der Waals surface area contributed by atoms with Gasteiger partial charge in [0.05, 0.1) is 7.11 Å². The number of allylic oxidation sites excluding steroid dienone is 1. The number of amides is 1. The van der Waals surface area contributed by atoms with E-state index in [1.165, 1.54) is 39.2 Å². The molecular formula is C21H39NO4. The van der Waals surface area contributed by atoms with Crippen LogP contribution in [-0.2, 0) is 14.3 Å². The lowest BCUT2D eigenvalue weighted by Crippen LogP contribution is -2.41. The summed E-state index contributed by atoms with van der Waals surface area (Å²) in [5.74, 6) is -0.133. The second-order valence-corrected chi connectivity index (χ2v) is 6.85. The van der Waals surface area contributed by atoms with Gasteiger partial charge in [0, 0.05) is 0 Å².